The molecule has 0 aliphatic carbocycles. The fraction of sp³-hybridized carbons (Fsp3) is 0.438. The van der Waals surface area contributed by atoms with E-state index in [4.69, 9.17) is 9.47 Å². The molecule has 3 rings (SSSR count). The van der Waals surface area contributed by atoms with E-state index >= 15 is 0 Å². The molecule has 1 unspecified atom stereocenters. The minimum absolute atomic E-state index is 0.509. The van der Waals surface area contributed by atoms with Gasteiger partial charge in [0.15, 0.2) is 0 Å². The maximum atomic E-state index is 5.96. The summed E-state index contributed by atoms with van der Waals surface area (Å²) in [6, 6.07) is 8.23. The van der Waals surface area contributed by atoms with Gasteiger partial charge in [0, 0.05) is 24.1 Å². The lowest BCUT2D eigenvalue weighted by molar-refractivity contribution is 0.0354. The lowest BCUT2D eigenvalue weighted by Crippen LogP contribution is -2.23. The first-order chi connectivity index (χ1) is 9.33. The molecule has 3 nitrogen and oxygen atoms in total. The van der Waals surface area contributed by atoms with Crippen LogP contribution in [0.4, 0.5) is 0 Å². The first kappa shape index (κ1) is 12.4. The van der Waals surface area contributed by atoms with Crippen LogP contribution in [0.2, 0.25) is 0 Å². The molecule has 0 spiro atoms. The van der Waals surface area contributed by atoms with E-state index in [-0.39, 0.29) is 0 Å². The van der Waals surface area contributed by atoms with Gasteiger partial charge in [-0.1, -0.05) is 12.1 Å². The third kappa shape index (κ3) is 2.87. The largest absolute Gasteiger partial charge is 0.491 e. The molecule has 1 aromatic carbocycles. The molecule has 3 heteroatoms. The number of nitrogens with zero attached hydrogens (tertiary/aromatic N) is 1. The number of para-hydroxylation sites is 1. The van der Waals surface area contributed by atoms with Crippen LogP contribution in [0.1, 0.15) is 18.4 Å². The van der Waals surface area contributed by atoms with E-state index in [2.05, 4.69) is 24.0 Å². The lowest BCUT2D eigenvalue weighted by atomic mass is 10.0. The smallest absolute Gasteiger partial charge is 0.145 e. The highest BCUT2D eigenvalue weighted by Crippen LogP contribution is 2.25. The zero-order valence-electron chi connectivity index (χ0n) is 11.3. The number of hydrogen-bond acceptors (Lipinski definition) is 3. The Balaban J connectivity index is 1.76. The van der Waals surface area contributed by atoms with E-state index in [0.717, 1.165) is 36.3 Å². The summed E-state index contributed by atoms with van der Waals surface area (Å²) in [6.07, 6.45) is 4.22. The molecule has 1 aliphatic heterocycles. The van der Waals surface area contributed by atoms with Crippen LogP contribution >= 0.6 is 0 Å². The van der Waals surface area contributed by atoms with Crippen LogP contribution in [0.15, 0.2) is 30.5 Å². The highest BCUT2D eigenvalue weighted by atomic mass is 16.5. The number of rotatable bonds is 3. The molecule has 100 valence electrons. The maximum absolute atomic E-state index is 5.96. The van der Waals surface area contributed by atoms with Crippen molar-refractivity contribution in [3.8, 4) is 5.75 Å². The average molecular weight is 257 g/mol. The number of aromatic nitrogens is 1. The normalized spacial score (nSPS) is 19.5. The highest BCUT2D eigenvalue weighted by molar-refractivity contribution is 5.84. The van der Waals surface area contributed by atoms with Crippen LogP contribution in [-0.4, -0.2) is 24.8 Å². The van der Waals surface area contributed by atoms with Gasteiger partial charge in [-0.2, -0.15) is 0 Å². The fourth-order valence-corrected chi connectivity index (χ4v) is 2.51. The third-order valence-electron chi connectivity index (χ3n) is 3.54. The van der Waals surface area contributed by atoms with Gasteiger partial charge in [0.1, 0.15) is 11.3 Å². The summed E-state index contributed by atoms with van der Waals surface area (Å²) in [5, 5.41) is 1.14. The predicted molar refractivity (Wildman–Crippen MR) is 75.5 cm³/mol. The zero-order valence-corrected chi connectivity index (χ0v) is 11.3. The molecule has 2 aromatic rings. The number of aryl methyl sites for hydroxylation is 1. The number of ether oxygens (including phenoxy) is 2. The molecule has 0 radical (unpaired) electrons. The molecule has 1 aliphatic rings. The van der Waals surface area contributed by atoms with Crippen LogP contribution in [0.3, 0.4) is 0 Å². The first-order valence-corrected chi connectivity index (χ1v) is 6.89. The SMILES string of the molecule is Cc1cnc2c(OCC3CCCOC3)cccc2c1. The van der Waals surface area contributed by atoms with Crippen molar-refractivity contribution in [1.82, 2.24) is 4.98 Å². The van der Waals surface area contributed by atoms with Crippen LogP contribution in [0.25, 0.3) is 10.9 Å². The Morgan fingerprint density at radius 3 is 3.21 bits per heavy atom. The Morgan fingerprint density at radius 2 is 2.37 bits per heavy atom. The summed E-state index contributed by atoms with van der Waals surface area (Å²) in [5.41, 5.74) is 2.12. The number of hydrogen-bond donors (Lipinski definition) is 0. The Morgan fingerprint density at radius 1 is 1.42 bits per heavy atom. The van der Waals surface area contributed by atoms with Crippen LogP contribution in [0, 0.1) is 12.8 Å². The minimum atomic E-state index is 0.509. The maximum Gasteiger partial charge on any atom is 0.145 e. The summed E-state index contributed by atoms with van der Waals surface area (Å²) < 4.78 is 11.4. The molecule has 0 bridgehead atoms. The van der Waals surface area contributed by atoms with Gasteiger partial charge in [0.25, 0.3) is 0 Å². The monoisotopic (exact) mass is 257 g/mol. The quantitative estimate of drug-likeness (QED) is 0.845. The van der Waals surface area contributed by atoms with Gasteiger partial charge in [-0.15, -0.1) is 0 Å². The molecule has 1 aromatic heterocycles. The van der Waals surface area contributed by atoms with E-state index in [9.17, 15) is 0 Å². The van der Waals surface area contributed by atoms with Crippen molar-refractivity contribution in [2.75, 3.05) is 19.8 Å². The molecule has 19 heavy (non-hydrogen) atoms. The Hall–Kier alpha value is -1.61. The molecule has 2 heterocycles. The molecular formula is C16H19NO2. The average Bonchev–Trinajstić information content (AvgIpc) is 2.45. The third-order valence-corrected chi connectivity index (χ3v) is 3.54. The minimum Gasteiger partial charge on any atom is -0.491 e. The second kappa shape index (κ2) is 5.57. The number of pyridine rings is 1. The van der Waals surface area contributed by atoms with Gasteiger partial charge in [-0.05, 0) is 37.5 Å². The van der Waals surface area contributed by atoms with Crippen molar-refractivity contribution in [3.05, 3.63) is 36.0 Å². The van der Waals surface area contributed by atoms with Gasteiger partial charge in [0.05, 0.1) is 13.2 Å². The molecule has 0 saturated carbocycles. The van der Waals surface area contributed by atoms with Crippen molar-refractivity contribution in [2.24, 2.45) is 5.92 Å². The fourth-order valence-electron chi connectivity index (χ4n) is 2.51. The lowest BCUT2D eigenvalue weighted by Gasteiger charge is -2.22. The second-order valence-electron chi connectivity index (χ2n) is 5.23. The van der Waals surface area contributed by atoms with Crippen LogP contribution in [0.5, 0.6) is 5.75 Å². The van der Waals surface area contributed by atoms with Gasteiger partial charge in [-0.25, -0.2) is 0 Å². The molecule has 1 saturated heterocycles. The van der Waals surface area contributed by atoms with Crippen LogP contribution in [-0.2, 0) is 4.74 Å². The van der Waals surface area contributed by atoms with E-state index in [0.29, 0.717) is 12.5 Å². The van der Waals surface area contributed by atoms with Crippen molar-refractivity contribution < 1.29 is 9.47 Å². The molecule has 1 fully saturated rings. The summed E-state index contributed by atoms with van der Waals surface area (Å²) in [6.45, 7) is 4.48. The van der Waals surface area contributed by atoms with E-state index in [1.165, 1.54) is 12.0 Å². The van der Waals surface area contributed by atoms with E-state index in [1.807, 2.05) is 18.3 Å². The first-order valence-electron chi connectivity index (χ1n) is 6.89. The highest BCUT2D eigenvalue weighted by Gasteiger charge is 2.15. The van der Waals surface area contributed by atoms with Gasteiger partial charge in [0.2, 0.25) is 0 Å². The van der Waals surface area contributed by atoms with Crippen molar-refractivity contribution >= 4 is 10.9 Å². The summed E-state index contributed by atoms with van der Waals surface area (Å²) in [7, 11) is 0. The molecule has 0 amide bonds. The Kier molecular flexibility index (Phi) is 3.65. The van der Waals surface area contributed by atoms with Gasteiger partial charge >= 0.3 is 0 Å². The van der Waals surface area contributed by atoms with Crippen molar-refractivity contribution in [1.29, 1.82) is 0 Å². The van der Waals surface area contributed by atoms with Gasteiger partial charge in [-0.3, -0.25) is 4.98 Å². The molecule has 1 atom stereocenters. The summed E-state index contributed by atoms with van der Waals surface area (Å²) >= 11 is 0. The number of fused-ring (bicyclic) bond motifs is 1. The molecular weight excluding hydrogens is 238 g/mol. The Bertz CT molecular complexity index is 562. The summed E-state index contributed by atoms with van der Waals surface area (Å²) in [4.78, 5) is 4.49. The summed E-state index contributed by atoms with van der Waals surface area (Å²) in [5.74, 6) is 1.39. The topological polar surface area (TPSA) is 31.4 Å². The van der Waals surface area contributed by atoms with Crippen LogP contribution < -0.4 is 4.74 Å². The van der Waals surface area contributed by atoms with E-state index in [1.54, 1.807) is 0 Å². The predicted octanol–water partition coefficient (Wildman–Crippen LogP) is 3.35. The van der Waals surface area contributed by atoms with Crippen molar-refractivity contribution in [2.45, 2.75) is 19.8 Å². The van der Waals surface area contributed by atoms with Crippen molar-refractivity contribution in [3.63, 3.8) is 0 Å². The second-order valence-corrected chi connectivity index (χ2v) is 5.23. The Labute approximate surface area is 113 Å². The number of benzene rings is 1. The van der Waals surface area contributed by atoms with E-state index < -0.39 is 0 Å². The standard InChI is InChI=1S/C16H19NO2/c1-12-8-14-5-2-6-15(16(14)17-9-12)19-11-13-4-3-7-18-10-13/h2,5-6,8-9,13H,3-4,7,10-11H2,1H3. The van der Waals surface area contributed by atoms with Gasteiger partial charge < -0.3 is 9.47 Å². The molecule has 0 N–H and O–H groups in total. The zero-order chi connectivity index (χ0) is 13.1.